The molecule has 2 aromatic carbocycles. The highest BCUT2D eigenvalue weighted by Gasteiger charge is 2.49. The van der Waals surface area contributed by atoms with Crippen LogP contribution in [0.4, 0.5) is 0 Å². The fraction of sp³-hybridized carbons (Fsp3) is 0.316. The van der Waals surface area contributed by atoms with Gasteiger partial charge in [0.25, 0.3) is 0 Å². The fourth-order valence-electron chi connectivity index (χ4n) is 3.15. The Balaban J connectivity index is 2.05. The van der Waals surface area contributed by atoms with Crippen molar-refractivity contribution in [1.29, 1.82) is 0 Å². The number of halogens is 1. The lowest BCUT2D eigenvalue weighted by Gasteiger charge is -2.19. The molecule has 25 heavy (non-hydrogen) atoms. The topological polar surface area (TPSA) is 60.4 Å². The molecule has 1 heterocycles. The number of ketones is 1. The van der Waals surface area contributed by atoms with Crippen molar-refractivity contribution in [2.45, 2.75) is 36.4 Å². The molecule has 0 spiro atoms. The summed E-state index contributed by atoms with van der Waals surface area (Å²) in [4.78, 5) is 13.1. The molecular weight excluding hydrogens is 360 g/mol. The van der Waals surface area contributed by atoms with E-state index < -0.39 is 27.5 Å². The average molecular weight is 379 g/mol. The van der Waals surface area contributed by atoms with Gasteiger partial charge < -0.3 is 4.74 Å². The van der Waals surface area contributed by atoms with Gasteiger partial charge in [-0.25, -0.2) is 8.42 Å². The van der Waals surface area contributed by atoms with Gasteiger partial charge in [0, 0.05) is 11.3 Å². The van der Waals surface area contributed by atoms with Crippen LogP contribution in [0.25, 0.3) is 0 Å². The van der Waals surface area contributed by atoms with E-state index in [9.17, 15) is 13.2 Å². The SMILES string of the molecule is CC1(C)OC(c2cccc(Cl)c2)C(c2ccc(S(C)(=O)=O)cc2)C1=O. The Morgan fingerprint density at radius 3 is 2.24 bits per heavy atom. The van der Waals surface area contributed by atoms with Crippen molar-refractivity contribution in [1.82, 2.24) is 0 Å². The van der Waals surface area contributed by atoms with Gasteiger partial charge in [0.15, 0.2) is 15.6 Å². The summed E-state index contributed by atoms with van der Waals surface area (Å²) in [5.41, 5.74) is 0.629. The highest BCUT2D eigenvalue weighted by molar-refractivity contribution is 7.90. The lowest BCUT2D eigenvalue weighted by Crippen LogP contribution is -2.29. The molecule has 0 aliphatic carbocycles. The highest BCUT2D eigenvalue weighted by Crippen LogP contribution is 2.47. The highest BCUT2D eigenvalue weighted by atomic mass is 35.5. The second-order valence-corrected chi connectivity index (χ2v) is 9.24. The number of sulfone groups is 1. The fourth-order valence-corrected chi connectivity index (χ4v) is 3.98. The van der Waals surface area contributed by atoms with Crippen LogP contribution in [-0.4, -0.2) is 26.1 Å². The van der Waals surface area contributed by atoms with Crippen molar-refractivity contribution in [3.63, 3.8) is 0 Å². The molecule has 0 amide bonds. The van der Waals surface area contributed by atoms with Crippen molar-refractivity contribution < 1.29 is 17.9 Å². The Hall–Kier alpha value is -1.69. The molecule has 132 valence electrons. The van der Waals surface area contributed by atoms with E-state index in [2.05, 4.69) is 0 Å². The number of benzene rings is 2. The number of ether oxygens (including phenoxy) is 1. The van der Waals surface area contributed by atoms with Crippen molar-refractivity contribution in [3.8, 4) is 0 Å². The largest absolute Gasteiger partial charge is 0.359 e. The maximum atomic E-state index is 12.9. The minimum atomic E-state index is -3.28. The average Bonchev–Trinajstić information content (AvgIpc) is 2.77. The zero-order valence-electron chi connectivity index (χ0n) is 14.2. The zero-order chi connectivity index (χ0) is 18.4. The third-order valence-corrected chi connectivity index (χ3v) is 5.81. The van der Waals surface area contributed by atoms with Crippen LogP contribution in [-0.2, 0) is 19.4 Å². The van der Waals surface area contributed by atoms with Crippen molar-refractivity contribution in [3.05, 3.63) is 64.7 Å². The van der Waals surface area contributed by atoms with Gasteiger partial charge in [0.1, 0.15) is 5.60 Å². The second kappa shape index (κ2) is 6.24. The van der Waals surface area contributed by atoms with Gasteiger partial charge in [-0.15, -0.1) is 0 Å². The Morgan fingerprint density at radius 1 is 1.04 bits per heavy atom. The first-order valence-corrected chi connectivity index (χ1v) is 10.1. The summed E-state index contributed by atoms with van der Waals surface area (Å²) < 4.78 is 29.3. The van der Waals surface area contributed by atoms with Gasteiger partial charge in [0.2, 0.25) is 0 Å². The summed E-state index contributed by atoms with van der Waals surface area (Å²) in [6, 6.07) is 13.7. The van der Waals surface area contributed by atoms with E-state index in [0.717, 1.165) is 17.4 Å². The third-order valence-electron chi connectivity index (χ3n) is 4.44. The molecular formula is C19H19ClO4S. The second-order valence-electron chi connectivity index (χ2n) is 6.79. The summed E-state index contributed by atoms with van der Waals surface area (Å²) in [6.07, 6.45) is 0.689. The molecule has 3 rings (SSSR count). The zero-order valence-corrected chi connectivity index (χ0v) is 15.8. The maximum absolute atomic E-state index is 12.9. The van der Waals surface area contributed by atoms with Crippen LogP contribution in [0.1, 0.15) is 37.0 Å². The van der Waals surface area contributed by atoms with Crippen molar-refractivity contribution in [2.24, 2.45) is 0 Å². The molecule has 6 heteroatoms. The Kier molecular flexibility index (Phi) is 4.52. The Morgan fingerprint density at radius 2 is 1.68 bits per heavy atom. The molecule has 0 aromatic heterocycles. The normalized spacial score (nSPS) is 23.0. The van der Waals surface area contributed by atoms with Crippen LogP contribution in [0.3, 0.4) is 0 Å². The van der Waals surface area contributed by atoms with E-state index in [0.29, 0.717) is 5.02 Å². The molecule has 0 bridgehead atoms. The van der Waals surface area contributed by atoms with E-state index in [1.54, 1.807) is 38.1 Å². The van der Waals surface area contributed by atoms with Gasteiger partial charge in [-0.05, 0) is 49.2 Å². The summed E-state index contributed by atoms with van der Waals surface area (Å²) >= 11 is 6.09. The third kappa shape index (κ3) is 3.50. The van der Waals surface area contributed by atoms with Crippen LogP contribution in [0.15, 0.2) is 53.4 Å². The minimum absolute atomic E-state index is 0.0374. The molecule has 4 nitrogen and oxygen atoms in total. The number of hydrogen-bond donors (Lipinski definition) is 0. The number of hydrogen-bond acceptors (Lipinski definition) is 4. The Labute approximate surface area is 152 Å². The molecule has 2 unspecified atom stereocenters. The van der Waals surface area contributed by atoms with E-state index in [1.807, 2.05) is 12.1 Å². The quantitative estimate of drug-likeness (QED) is 0.811. The maximum Gasteiger partial charge on any atom is 0.175 e. The monoisotopic (exact) mass is 378 g/mol. The predicted molar refractivity (Wildman–Crippen MR) is 96.7 cm³/mol. The summed E-state index contributed by atoms with van der Waals surface area (Å²) in [5.74, 6) is -0.549. The molecule has 0 radical (unpaired) electrons. The summed E-state index contributed by atoms with van der Waals surface area (Å²) in [6.45, 7) is 3.50. The van der Waals surface area contributed by atoms with Crippen LogP contribution < -0.4 is 0 Å². The molecule has 1 saturated heterocycles. The molecule has 1 aliphatic heterocycles. The lowest BCUT2D eigenvalue weighted by molar-refractivity contribution is -0.130. The van der Waals surface area contributed by atoms with Gasteiger partial charge in [-0.1, -0.05) is 35.9 Å². The molecule has 2 atom stereocenters. The molecule has 0 N–H and O–H groups in total. The van der Waals surface area contributed by atoms with Gasteiger partial charge in [0.05, 0.1) is 16.9 Å². The predicted octanol–water partition coefficient (Wildman–Crippen LogP) is 3.95. The molecule has 1 aliphatic rings. The standard InChI is InChI=1S/C19H19ClO4S/c1-19(2)18(21)16(12-7-9-15(10-8-12)25(3,22)23)17(24-19)13-5-4-6-14(20)11-13/h4-11,16-17H,1-3H3. The van der Waals surface area contributed by atoms with Gasteiger partial charge >= 0.3 is 0 Å². The molecule has 1 fully saturated rings. The van der Waals surface area contributed by atoms with Gasteiger partial charge in [-0.2, -0.15) is 0 Å². The van der Waals surface area contributed by atoms with Crippen molar-refractivity contribution >= 4 is 27.2 Å². The number of carbonyl (C=O) groups is 1. The van der Waals surface area contributed by atoms with E-state index in [-0.39, 0.29) is 10.7 Å². The number of carbonyl (C=O) groups excluding carboxylic acids is 1. The van der Waals surface area contributed by atoms with Crippen LogP contribution in [0.2, 0.25) is 5.02 Å². The first-order valence-electron chi connectivity index (χ1n) is 7.87. The molecule has 2 aromatic rings. The Bertz CT molecular complexity index is 917. The lowest BCUT2D eigenvalue weighted by atomic mass is 9.84. The van der Waals surface area contributed by atoms with E-state index in [4.69, 9.17) is 16.3 Å². The number of Topliss-reactive ketones (excluding diaryl/α,β-unsaturated/α-hetero) is 1. The van der Waals surface area contributed by atoms with Crippen LogP contribution in [0.5, 0.6) is 0 Å². The minimum Gasteiger partial charge on any atom is -0.359 e. The van der Waals surface area contributed by atoms with Crippen molar-refractivity contribution in [2.75, 3.05) is 6.26 Å². The first kappa shape index (κ1) is 18.1. The van der Waals surface area contributed by atoms with E-state index >= 15 is 0 Å². The first-order chi connectivity index (χ1) is 11.6. The summed E-state index contributed by atoms with van der Waals surface area (Å²) in [7, 11) is -3.28. The summed E-state index contributed by atoms with van der Waals surface area (Å²) in [5, 5.41) is 0.574. The van der Waals surface area contributed by atoms with Gasteiger partial charge in [-0.3, -0.25) is 4.79 Å². The molecule has 0 saturated carbocycles. The number of rotatable bonds is 3. The van der Waals surface area contributed by atoms with E-state index in [1.165, 1.54) is 12.1 Å². The van der Waals surface area contributed by atoms with Crippen LogP contribution >= 0.6 is 11.6 Å². The smallest absolute Gasteiger partial charge is 0.175 e. The van der Waals surface area contributed by atoms with Crippen LogP contribution in [0, 0.1) is 0 Å².